The van der Waals surface area contributed by atoms with Crippen LogP contribution in [0.4, 0.5) is 5.69 Å². The molecule has 0 aliphatic heterocycles. The zero-order valence-electron chi connectivity index (χ0n) is 12.8. The van der Waals surface area contributed by atoms with Crippen molar-refractivity contribution in [2.24, 2.45) is 5.92 Å². The normalized spacial score (nSPS) is 12.4. The summed E-state index contributed by atoms with van der Waals surface area (Å²) in [6.07, 6.45) is 1.15. The third-order valence-electron chi connectivity index (χ3n) is 3.10. The number of carboxylic acids is 1. The Labute approximate surface area is 129 Å². The lowest BCUT2D eigenvalue weighted by Gasteiger charge is -2.16. The third-order valence-corrected chi connectivity index (χ3v) is 3.10. The number of nitrogens with one attached hydrogen (secondary N) is 2. The highest BCUT2D eigenvalue weighted by molar-refractivity contribution is 6.06. The molecule has 0 heterocycles. The van der Waals surface area contributed by atoms with Crippen LogP contribution in [0.5, 0.6) is 0 Å². The summed E-state index contributed by atoms with van der Waals surface area (Å²) in [6, 6.07) is 8.08. The Hall–Kier alpha value is -2.81. The molecule has 0 aromatic heterocycles. The van der Waals surface area contributed by atoms with Crippen LogP contribution in [-0.2, 0) is 9.59 Å². The van der Waals surface area contributed by atoms with Crippen LogP contribution in [0, 0.1) is 24.2 Å². The highest BCUT2D eigenvalue weighted by Gasteiger charge is 2.20. The number of carbonyl (C=O) groups is 2. The van der Waals surface area contributed by atoms with Gasteiger partial charge in [-0.05, 0) is 24.5 Å². The predicted molar refractivity (Wildman–Crippen MR) is 82.9 cm³/mol. The summed E-state index contributed by atoms with van der Waals surface area (Å²) in [5.74, 6) is -1.81. The Morgan fingerprint density at radius 1 is 1.32 bits per heavy atom. The number of benzene rings is 1. The number of amides is 1. The molecule has 0 radical (unpaired) electrons. The molecule has 0 aliphatic rings. The number of aryl methyl sites for hydroxylation is 1. The minimum Gasteiger partial charge on any atom is -0.480 e. The Bertz CT molecular complexity index is 630. The van der Waals surface area contributed by atoms with Crippen LogP contribution < -0.4 is 10.6 Å². The first-order valence-electron chi connectivity index (χ1n) is 6.83. The summed E-state index contributed by atoms with van der Waals surface area (Å²) in [4.78, 5) is 23.1. The quantitative estimate of drug-likeness (QED) is 0.551. The van der Waals surface area contributed by atoms with E-state index in [1.807, 2.05) is 19.1 Å². The lowest BCUT2D eigenvalue weighted by molar-refractivity contribution is -0.140. The highest BCUT2D eigenvalue weighted by Crippen LogP contribution is 2.14. The Balaban J connectivity index is 2.85. The van der Waals surface area contributed by atoms with Gasteiger partial charge in [-0.25, -0.2) is 4.79 Å². The molecule has 1 rings (SSSR count). The molecule has 0 bridgehead atoms. The van der Waals surface area contributed by atoms with Crippen molar-refractivity contribution in [2.75, 3.05) is 5.32 Å². The van der Waals surface area contributed by atoms with Crippen molar-refractivity contribution in [3.05, 3.63) is 41.6 Å². The first-order chi connectivity index (χ1) is 10.4. The molecule has 6 nitrogen and oxygen atoms in total. The average Bonchev–Trinajstić information content (AvgIpc) is 2.45. The molecule has 0 saturated heterocycles. The first-order valence-corrected chi connectivity index (χ1v) is 6.83. The van der Waals surface area contributed by atoms with Crippen LogP contribution in [0.2, 0.25) is 0 Å². The lowest BCUT2D eigenvalue weighted by Crippen LogP contribution is -2.38. The molecule has 6 heteroatoms. The number of aliphatic carboxylic acids is 1. The molecule has 0 saturated carbocycles. The van der Waals surface area contributed by atoms with Gasteiger partial charge in [0.2, 0.25) is 0 Å². The molecule has 116 valence electrons. The van der Waals surface area contributed by atoms with Gasteiger partial charge >= 0.3 is 5.97 Å². The fourth-order valence-corrected chi connectivity index (χ4v) is 1.77. The van der Waals surface area contributed by atoms with E-state index in [-0.39, 0.29) is 11.5 Å². The zero-order chi connectivity index (χ0) is 16.7. The van der Waals surface area contributed by atoms with Gasteiger partial charge in [0.25, 0.3) is 5.91 Å². The molecular weight excluding hydrogens is 282 g/mol. The molecule has 1 aromatic rings. The molecular formula is C16H19N3O3. The number of carbonyl (C=O) groups excluding carboxylic acids is 1. The molecule has 0 fully saturated rings. The smallest absolute Gasteiger partial charge is 0.326 e. The highest BCUT2D eigenvalue weighted by atomic mass is 16.4. The van der Waals surface area contributed by atoms with E-state index in [4.69, 9.17) is 10.4 Å². The molecule has 0 spiro atoms. The van der Waals surface area contributed by atoms with Gasteiger partial charge in [-0.3, -0.25) is 4.79 Å². The van der Waals surface area contributed by atoms with Crippen LogP contribution in [0.3, 0.4) is 0 Å². The Morgan fingerprint density at radius 2 is 1.95 bits per heavy atom. The molecule has 3 N–H and O–H groups in total. The zero-order valence-corrected chi connectivity index (χ0v) is 12.8. The van der Waals surface area contributed by atoms with Gasteiger partial charge in [0, 0.05) is 11.9 Å². The lowest BCUT2D eigenvalue weighted by atomic mass is 10.1. The van der Waals surface area contributed by atoms with Crippen LogP contribution in [0.1, 0.15) is 19.4 Å². The number of nitrogens with zero attached hydrogens (tertiary/aromatic N) is 1. The van der Waals surface area contributed by atoms with Gasteiger partial charge in [0.15, 0.2) is 0 Å². The van der Waals surface area contributed by atoms with Gasteiger partial charge in [0.05, 0.1) is 0 Å². The first kappa shape index (κ1) is 17.2. The van der Waals surface area contributed by atoms with Gasteiger partial charge < -0.3 is 15.7 Å². The topological polar surface area (TPSA) is 102 Å². The van der Waals surface area contributed by atoms with Crippen LogP contribution in [0.25, 0.3) is 0 Å². The van der Waals surface area contributed by atoms with E-state index >= 15 is 0 Å². The van der Waals surface area contributed by atoms with E-state index in [9.17, 15) is 9.59 Å². The van der Waals surface area contributed by atoms with Crippen LogP contribution >= 0.6 is 0 Å². The fourth-order valence-electron chi connectivity index (χ4n) is 1.77. The second-order valence-corrected chi connectivity index (χ2v) is 5.17. The fraction of sp³-hybridized carbons (Fsp3) is 0.312. The Morgan fingerprint density at radius 3 is 2.45 bits per heavy atom. The van der Waals surface area contributed by atoms with E-state index < -0.39 is 17.9 Å². The van der Waals surface area contributed by atoms with Gasteiger partial charge in [-0.1, -0.05) is 32.0 Å². The van der Waals surface area contributed by atoms with Crippen LogP contribution in [0.15, 0.2) is 36.0 Å². The van der Waals surface area contributed by atoms with Crippen LogP contribution in [-0.4, -0.2) is 23.0 Å². The second-order valence-electron chi connectivity index (χ2n) is 5.17. The van der Waals surface area contributed by atoms with Crippen molar-refractivity contribution < 1.29 is 14.7 Å². The largest absolute Gasteiger partial charge is 0.480 e. The molecule has 1 aromatic carbocycles. The summed E-state index contributed by atoms with van der Waals surface area (Å²) in [7, 11) is 0. The number of hydrogen-bond donors (Lipinski definition) is 3. The van der Waals surface area contributed by atoms with Crippen molar-refractivity contribution in [1.29, 1.82) is 5.26 Å². The number of hydrogen-bond acceptors (Lipinski definition) is 4. The molecule has 0 aliphatic carbocycles. The number of carboxylic acid groups (broad SMARTS) is 1. The predicted octanol–water partition coefficient (Wildman–Crippen LogP) is 2.04. The number of rotatable bonds is 6. The molecule has 22 heavy (non-hydrogen) atoms. The second kappa shape index (κ2) is 7.84. The molecule has 1 amide bonds. The van der Waals surface area contributed by atoms with E-state index in [1.54, 1.807) is 32.0 Å². The van der Waals surface area contributed by atoms with Gasteiger partial charge in [-0.15, -0.1) is 0 Å². The summed E-state index contributed by atoms with van der Waals surface area (Å²) in [5.41, 5.74) is 1.29. The van der Waals surface area contributed by atoms with Crippen molar-refractivity contribution in [2.45, 2.75) is 26.8 Å². The van der Waals surface area contributed by atoms with E-state index in [0.29, 0.717) is 5.69 Å². The minimum atomic E-state index is -1.04. The average molecular weight is 301 g/mol. The summed E-state index contributed by atoms with van der Waals surface area (Å²) < 4.78 is 0. The van der Waals surface area contributed by atoms with E-state index in [1.165, 1.54) is 0 Å². The summed E-state index contributed by atoms with van der Waals surface area (Å²) in [6.45, 7) is 5.31. The van der Waals surface area contributed by atoms with Crippen molar-refractivity contribution >= 4 is 17.6 Å². The number of anilines is 1. The maximum absolute atomic E-state index is 12.1. The van der Waals surface area contributed by atoms with Gasteiger partial charge in [0.1, 0.15) is 17.7 Å². The maximum Gasteiger partial charge on any atom is 0.326 e. The SMILES string of the molecule is Cc1ccccc1NC(=O)/C(C#N)=C\NC(C(=O)O)C(C)C. The van der Waals surface area contributed by atoms with Crippen molar-refractivity contribution in [1.82, 2.24) is 5.32 Å². The van der Waals surface area contributed by atoms with E-state index in [2.05, 4.69) is 10.6 Å². The number of nitriles is 1. The minimum absolute atomic E-state index is 0.185. The third kappa shape index (κ3) is 4.63. The standard InChI is InChI=1S/C16H19N3O3/c1-10(2)14(16(21)22)18-9-12(8-17)15(20)19-13-7-5-4-6-11(13)3/h4-7,9-10,14,18H,1-3H3,(H,19,20)(H,21,22)/b12-9-. The summed E-state index contributed by atoms with van der Waals surface area (Å²) >= 11 is 0. The Kier molecular flexibility index (Phi) is 6.14. The summed E-state index contributed by atoms with van der Waals surface area (Å²) in [5, 5.41) is 23.4. The monoisotopic (exact) mass is 301 g/mol. The van der Waals surface area contributed by atoms with E-state index in [0.717, 1.165) is 11.8 Å². The van der Waals surface area contributed by atoms with Crippen molar-refractivity contribution in [3.63, 3.8) is 0 Å². The maximum atomic E-state index is 12.1. The van der Waals surface area contributed by atoms with Crippen molar-refractivity contribution in [3.8, 4) is 6.07 Å². The molecule has 1 unspecified atom stereocenters. The molecule has 1 atom stereocenters. The van der Waals surface area contributed by atoms with Gasteiger partial charge in [-0.2, -0.15) is 5.26 Å². The number of para-hydroxylation sites is 1.